The van der Waals surface area contributed by atoms with Crippen molar-refractivity contribution in [1.29, 1.82) is 0 Å². The van der Waals surface area contributed by atoms with Gasteiger partial charge in [0.15, 0.2) is 0 Å². The molecule has 0 unspecified atom stereocenters. The van der Waals surface area contributed by atoms with E-state index in [1.54, 1.807) is 0 Å². The first-order valence-corrected chi connectivity index (χ1v) is 17.3. The van der Waals surface area contributed by atoms with Gasteiger partial charge in [0.1, 0.15) is 23.0 Å². The van der Waals surface area contributed by atoms with Gasteiger partial charge in [0.25, 0.3) is 6.71 Å². The maximum atomic E-state index is 7.10. The molecule has 0 fully saturated rings. The standard InChI is InChI=1S/C44H43BO2/c1-41(2)24-43(5,6)36-34(41)28(26-16-11-9-12-17-26)22-30-39(36)46-32-20-15-21-33-38(32)45(30)31-23-29(27-18-13-10-14-19-27)35-37(40(31)47-33)44(7,8)25-42(35,3)4/h9-23H,24-25H2,1-8H3. The maximum absolute atomic E-state index is 7.10. The molecule has 2 aliphatic carbocycles. The first kappa shape index (κ1) is 28.9. The highest BCUT2D eigenvalue weighted by atomic mass is 16.5. The minimum Gasteiger partial charge on any atom is -0.458 e. The van der Waals surface area contributed by atoms with Crippen LogP contribution in [-0.4, -0.2) is 6.71 Å². The zero-order valence-electron chi connectivity index (χ0n) is 29.0. The van der Waals surface area contributed by atoms with E-state index in [2.05, 4.69) is 146 Å². The lowest BCUT2D eigenvalue weighted by atomic mass is 9.34. The molecule has 0 radical (unpaired) electrons. The molecule has 0 amide bonds. The van der Waals surface area contributed by atoms with Crippen molar-refractivity contribution < 1.29 is 9.47 Å². The number of fused-ring (bicyclic) bond motifs is 8. The number of hydrogen-bond donors (Lipinski definition) is 0. The van der Waals surface area contributed by atoms with Gasteiger partial charge in [-0.2, -0.15) is 0 Å². The third-order valence-electron chi connectivity index (χ3n) is 11.6. The molecule has 0 saturated carbocycles. The molecule has 9 rings (SSSR count). The first-order valence-electron chi connectivity index (χ1n) is 17.3. The van der Waals surface area contributed by atoms with Crippen LogP contribution in [0.2, 0.25) is 0 Å². The van der Waals surface area contributed by atoms with Gasteiger partial charge in [0, 0.05) is 16.6 Å². The summed E-state index contributed by atoms with van der Waals surface area (Å²) in [5.74, 6) is 3.95. The molecule has 234 valence electrons. The summed E-state index contributed by atoms with van der Waals surface area (Å²) in [6.07, 6.45) is 2.14. The Morgan fingerprint density at radius 1 is 0.468 bits per heavy atom. The van der Waals surface area contributed by atoms with Crippen LogP contribution in [0.25, 0.3) is 22.3 Å². The Bertz CT molecular complexity index is 1990. The van der Waals surface area contributed by atoms with Crippen molar-refractivity contribution in [3.63, 3.8) is 0 Å². The quantitative estimate of drug-likeness (QED) is 0.181. The van der Waals surface area contributed by atoms with Crippen LogP contribution in [0, 0.1) is 0 Å². The van der Waals surface area contributed by atoms with E-state index in [9.17, 15) is 0 Å². The van der Waals surface area contributed by atoms with E-state index >= 15 is 0 Å². The van der Waals surface area contributed by atoms with E-state index in [0.29, 0.717) is 0 Å². The molecule has 5 aromatic carbocycles. The molecule has 0 N–H and O–H groups in total. The minimum atomic E-state index is -0.0457. The van der Waals surface area contributed by atoms with Crippen molar-refractivity contribution in [3.05, 3.63) is 113 Å². The molecule has 0 spiro atoms. The summed E-state index contributed by atoms with van der Waals surface area (Å²) in [5.41, 5.74) is 14.4. The van der Waals surface area contributed by atoms with Gasteiger partial charge in [-0.1, -0.05) is 134 Å². The third-order valence-corrected chi connectivity index (χ3v) is 11.6. The topological polar surface area (TPSA) is 18.5 Å². The van der Waals surface area contributed by atoms with Crippen LogP contribution in [0.3, 0.4) is 0 Å². The van der Waals surface area contributed by atoms with Crippen LogP contribution < -0.4 is 25.9 Å². The Hall–Kier alpha value is -4.24. The molecule has 2 heterocycles. The second-order valence-corrected chi connectivity index (χ2v) is 17.1. The molecule has 2 nitrogen and oxygen atoms in total. The highest BCUT2D eigenvalue weighted by Gasteiger charge is 2.53. The summed E-state index contributed by atoms with van der Waals surface area (Å²) < 4.78 is 14.2. The van der Waals surface area contributed by atoms with Crippen molar-refractivity contribution in [2.75, 3.05) is 0 Å². The molecule has 0 saturated heterocycles. The summed E-state index contributed by atoms with van der Waals surface area (Å²) >= 11 is 0. The first-order chi connectivity index (χ1) is 22.3. The normalized spacial score (nSPS) is 19.4. The van der Waals surface area contributed by atoms with Gasteiger partial charge in [-0.3, -0.25) is 0 Å². The fraction of sp³-hybridized carbons (Fsp3) is 0.318. The van der Waals surface area contributed by atoms with E-state index < -0.39 is 0 Å². The van der Waals surface area contributed by atoms with Crippen LogP contribution in [0.1, 0.15) is 90.5 Å². The fourth-order valence-electron chi connectivity index (χ4n) is 10.7. The van der Waals surface area contributed by atoms with E-state index in [-0.39, 0.29) is 28.4 Å². The van der Waals surface area contributed by atoms with Crippen molar-refractivity contribution in [1.82, 2.24) is 0 Å². The van der Waals surface area contributed by atoms with Crippen molar-refractivity contribution in [3.8, 4) is 45.3 Å². The number of ether oxygens (including phenoxy) is 2. The molecule has 0 aromatic heterocycles. The largest absolute Gasteiger partial charge is 0.458 e. The average molecular weight is 615 g/mol. The number of benzene rings is 5. The molecular weight excluding hydrogens is 571 g/mol. The van der Waals surface area contributed by atoms with Gasteiger partial charge in [-0.15, -0.1) is 0 Å². The predicted molar refractivity (Wildman–Crippen MR) is 196 cm³/mol. The Balaban J connectivity index is 1.42. The highest BCUT2D eigenvalue weighted by Crippen LogP contribution is 2.59. The monoisotopic (exact) mass is 614 g/mol. The Morgan fingerprint density at radius 2 is 0.851 bits per heavy atom. The summed E-state index contributed by atoms with van der Waals surface area (Å²) in [4.78, 5) is 0. The number of hydrogen-bond acceptors (Lipinski definition) is 2. The average Bonchev–Trinajstić information content (AvgIpc) is 3.36. The Morgan fingerprint density at radius 3 is 1.26 bits per heavy atom. The smallest absolute Gasteiger partial charge is 0.260 e. The molecule has 5 aromatic rings. The molecule has 0 bridgehead atoms. The Labute approximate surface area is 280 Å². The SMILES string of the molecule is CC1(C)CC(C)(C)c2c3c(cc(-c4ccccc4)c21)B1c2cc(-c4ccccc4)c4c(c2Oc2cccc(c21)O3)C(C)(C)CC4(C)C. The van der Waals surface area contributed by atoms with Crippen LogP contribution >= 0.6 is 0 Å². The lowest BCUT2D eigenvalue weighted by Crippen LogP contribution is -2.58. The lowest BCUT2D eigenvalue weighted by Gasteiger charge is -2.38. The summed E-state index contributed by atoms with van der Waals surface area (Å²) in [7, 11) is 0. The zero-order chi connectivity index (χ0) is 32.7. The molecule has 3 heteroatoms. The molecule has 2 aliphatic heterocycles. The second-order valence-electron chi connectivity index (χ2n) is 17.1. The van der Waals surface area contributed by atoms with Crippen LogP contribution in [-0.2, 0) is 21.7 Å². The maximum Gasteiger partial charge on any atom is 0.260 e. The lowest BCUT2D eigenvalue weighted by molar-refractivity contribution is 0.392. The molecule has 47 heavy (non-hydrogen) atoms. The van der Waals surface area contributed by atoms with Crippen LogP contribution in [0.4, 0.5) is 0 Å². The van der Waals surface area contributed by atoms with Gasteiger partial charge in [0.2, 0.25) is 0 Å². The summed E-state index contributed by atoms with van der Waals surface area (Å²) in [6, 6.07) is 33.4. The van der Waals surface area contributed by atoms with Gasteiger partial charge in [0.05, 0.1) is 0 Å². The van der Waals surface area contributed by atoms with Crippen molar-refractivity contribution in [2.45, 2.75) is 89.9 Å². The second kappa shape index (κ2) is 9.22. The van der Waals surface area contributed by atoms with Crippen LogP contribution in [0.15, 0.2) is 91.0 Å². The fourth-order valence-corrected chi connectivity index (χ4v) is 10.7. The van der Waals surface area contributed by atoms with E-state index in [4.69, 9.17) is 9.47 Å². The van der Waals surface area contributed by atoms with Gasteiger partial charge in [-0.05, 0) is 90.9 Å². The van der Waals surface area contributed by atoms with Crippen LogP contribution in [0.5, 0.6) is 23.0 Å². The molecule has 0 atom stereocenters. The predicted octanol–water partition coefficient (Wildman–Crippen LogP) is 9.67. The minimum absolute atomic E-state index is 0.00625. The molecule has 4 aliphatic rings. The third kappa shape index (κ3) is 3.92. The van der Waals surface area contributed by atoms with Crippen molar-refractivity contribution in [2.24, 2.45) is 0 Å². The van der Waals surface area contributed by atoms with Gasteiger partial charge < -0.3 is 9.47 Å². The Kier molecular flexibility index (Phi) is 5.68. The van der Waals surface area contributed by atoms with E-state index in [0.717, 1.165) is 41.3 Å². The van der Waals surface area contributed by atoms with Gasteiger partial charge in [-0.25, -0.2) is 0 Å². The number of rotatable bonds is 2. The summed E-state index contributed by atoms with van der Waals surface area (Å²) in [5, 5.41) is 0. The van der Waals surface area contributed by atoms with Gasteiger partial charge >= 0.3 is 0 Å². The molecular formula is C44H43BO2. The zero-order valence-corrected chi connectivity index (χ0v) is 29.0. The van der Waals surface area contributed by atoms with E-state index in [1.807, 2.05) is 0 Å². The van der Waals surface area contributed by atoms with E-state index in [1.165, 1.54) is 55.4 Å². The van der Waals surface area contributed by atoms with Crippen molar-refractivity contribution >= 4 is 23.1 Å². The highest BCUT2D eigenvalue weighted by molar-refractivity contribution is 6.98. The summed E-state index contributed by atoms with van der Waals surface area (Å²) in [6.45, 7) is 19.3.